The standard InChI is InChI=1S/C68H119NO10/c1-4-7-10-13-16-19-22-24-25-26-27-28-29-30-31-32-33-34-35-36-37-39-41-44-47-50-53-56-63(73)79-66-65(75)64(74)62(57-70)78-68(66)77-58-59(60(71)54-51-48-45-43-40-38-23-20-17-14-11-8-5-2)69-67(76)61(72)55-52-49-46-42-21-18-15-12-9-6-3/h7,10,15-16,18-19,24-25,27-28,30-31,51,54,59-62,64-66,68,70-72,74-75H,4-6,8-9,11-14,17,20-23,26,29,32-50,52-53,55-58H2,1-3H3,(H,69,76)/b10-7-,18-15-,19-16-,25-24-,28-27-,31-30-,54-51+. The molecule has 1 aliphatic rings. The summed E-state index contributed by atoms with van der Waals surface area (Å²) in [4.78, 5) is 26.5. The number of rotatable bonds is 54. The lowest BCUT2D eigenvalue weighted by molar-refractivity contribution is -0.305. The Labute approximate surface area is 483 Å². The predicted molar refractivity (Wildman–Crippen MR) is 329 cm³/mol. The average Bonchev–Trinajstić information content (AvgIpc) is 3.47. The Hall–Kier alpha value is -3.16. The second kappa shape index (κ2) is 55.4. The molecule has 11 heteroatoms. The van der Waals surface area contributed by atoms with Gasteiger partial charge in [0.05, 0.1) is 25.4 Å². The van der Waals surface area contributed by atoms with Crippen LogP contribution in [0.2, 0.25) is 0 Å². The zero-order valence-electron chi connectivity index (χ0n) is 50.5. The summed E-state index contributed by atoms with van der Waals surface area (Å²) < 4.78 is 17.6. The number of hydrogen-bond donors (Lipinski definition) is 6. The first-order chi connectivity index (χ1) is 38.7. The smallest absolute Gasteiger partial charge is 0.306 e. The molecule has 0 radical (unpaired) electrons. The molecule has 1 rings (SSSR count). The van der Waals surface area contributed by atoms with Gasteiger partial charge in [0.1, 0.15) is 24.4 Å². The van der Waals surface area contributed by atoms with Crippen molar-refractivity contribution in [2.24, 2.45) is 0 Å². The number of unbranched alkanes of at least 4 members (excludes halogenated alkanes) is 28. The molecule has 1 heterocycles. The second-order valence-electron chi connectivity index (χ2n) is 22.1. The molecule has 1 aliphatic heterocycles. The molecule has 0 aromatic carbocycles. The summed E-state index contributed by atoms with van der Waals surface area (Å²) in [7, 11) is 0. The van der Waals surface area contributed by atoms with Crippen molar-refractivity contribution < 1.29 is 49.3 Å². The fourth-order valence-corrected chi connectivity index (χ4v) is 9.66. The molecule has 6 N–H and O–H groups in total. The first-order valence-corrected chi connectivity index (χ1v) is 32.4. The highest BCUT2D eigenvalue weighted by molar-refractivity contribution is 5.80. The van der Waals surface area contributed by atoms with E-state index in [9.17, 15) is 35.1 Å². The van der Waals surface area contributed by atoms with E-state index in [1.54, 1.807) is 6.08 Å². The predicted octanol–water partition coefficient (Wildman–Crippen LogP) is 15.7. The van der Waals surface area contributed by atoms with Crippen LogP contribution in [0.3, 0.4) is 0 Å². The fraction of sp³-hybridized carbons (Fsp3) is 0.765. The van der Waals surface area contributed by atoms with Crippen molar-refractivity contribution in [3.8, 4) is 0 Å². The van der Waals surface area contributed by atoms with E-state index in [1.807, 2.05) is 6.08 Å². The van der Waals surface area contributed by atoms with Crippen LogP contribution in [-0.2, 0) is 23.8 Å². The highest BCUT2D eigenvalue weighted by Gasteiger charge is 2.47. The van der Waals surface area contributed by atoms with E-state index in [-0.39, 0.29) is 19.4 Å². The Morgan fingerprint density at radius 1 is 0.506 bits per heavy atom. The van der Waals surface area contributed by atoms with Gasteiger partial charge in [-0.25, -0.2) is 0 Å². The van der Waals surface area contributed by atoms with E-state index in [0.29, 0.717) is 12.8 Å². The van der Waals surface area contributed by atoms with Gasteiger partial charge < -0.3 is 45.1 Å². The number of carbonyl (C=O) groups is 2. The van der Waals surface area contributed by atoms with Crippen molar-refractivity contribution in [2.45, 2.75) is 320 Å². The molecule has 0 aromatic rings. The van der Waals surface area contributed by atoms with Crippen molar-refractivity contribution >= 4 is 11.9 Å². The summed E-state index contributed by atoms with van der Waals surface area (Å²) in [6.07, 6.45) is 62.1. The highest BCUT2D eigenvalue weighted by Crippen LogP contribution is 2.26. The number of nitrogens with one attached hydrogen (secondary N) is 1. The normalized spacial score (nSPS) is 19.4. The van der Waals surface area contributed by atoms with E-state index in [1.165, 1.54) is 116 Å². The van der Waals surface area contributed by atoms with Crippen LogP contribution in [0, 0.1) is 0 Å². The quantitative estimate of drug-likeness (QED) is 0.0195. The van der Waals surface area contributed by atoms with Gasteiger partial charge in [-0.2, -0.15) is 0 Å². The van der Waals surface area contributed by atoms with E-state index in [4.69, 9.17) is 14.2 Å². The first kappa shape index (κ1) is 73.9. The molecular formula is C68H119NO10. The third-order valence-electron chi connectivity index (χ3n) is 14.8. The molecule has 8 unspecified atom stereocenters. The van der Waals surface area contributed by atoms with Crippen LogP contribution >= 0.6 is 0 Å². The molecular weight excluding hydrogens is 991 g/mol. The molecule has 1 fully saturated rings. The summed E-state index contributed by atoms with van der Waals surface area (Å²) >= 11 is 0. The fourth-order valence-electron chi connectivity index (χ4n) is 9.66. The summed E-state index contributed by atoms with van der Waals surface area (Å²) in [5.74, 6) is -1.21. The molecule has 0 spiro atoms. The maximum atomic E-state index is 13.4. The van der Waals surface area contributed by atoms with Crippen LogP contribution in [0.4, 0.5) is 0 Å². The summed E-state index contributed by atoms with van der Waals surface area (Å²) in [6, 6.07) is -1.03. The van der Waals surface area contributed by atoms with E-state index < -0.39 is 67.4 Å². The number of amides is 1. The molecule has 0 saturated carbocycles. The molecule has 0 aliphatic carbocycles. The van der Waals surface area contributed by atoms with Gasteiger partial charge in [0.25, 0.3) is 0 Å². The van der Waals surface area contributed by atoms with Gasteiger partial charge in [0.2, 0.25) is 5.91 Å². The Balaban J connectivity index is 2.56. The maximum absolute atomic E-state index is 13.4. The topological polar surface area (TPSA) is 175 Å². The Bertz CT molecular complexity index is 1610. The Morgan fingerprint density at radius 3 is 1.42 bits per heavy atom. The molecule has 79 heavy (non-hydrogen) atoms. The van der Waals surface area contributed by atoms with E-state index >= 15 is 0 Å². The summed E-state index contributed by atoms with van der Waals surface area (Å²) in [5, 5.41) is 56.9. The first-order valence-electron chi connectivity index (χ1n) is 32.4. The van der Waals surface area contributed by atoms with Gasteiger partial charge in [0.15, 0.2) is 12.4 Å². The number of allylic oxidation sites excluding steroid dienone is 13. The van der Waals surface area contributed by atoms with Crippen LogP contribution in [0.1, 0.15) is 271 Å². The zero-order valence-corrected chi connectivity index (χ0v) is 50.5. The van der Waals surface area contributed by atoms with Gasteiger partial charge in [0, 0.05) is 6.42 Å². The molecule has 456 valence electrons. The SMILES string of the molecule is CC/C=C\C/C=C\C/C=C\C/C=C\C/C=C\CCCCCCCCCCCCCC(=O)OC1C(OCC(NC(=O)C(O)CCCCCC/C=C\CCCC)C(O)/C=C/CCCCCCCCCCCCC)OC(CO)C(O)C1O. The minimum absolute atomic E-state index is 0.115. The minimum atomic E-state index is -1.62. The monoisotopic (exact) mass is 1110 g/mol. The maximum Gasteiger partial charge on any atom is 0.306 e. The van der Waals surface area contributed by atoms with Crippen molar-refractivity contribution in [3.05, 3.63) is 85.1 Å². The third kappa shape index (κ3) is 43.2. The molecule has 11 nitrogen and oxygen atoms in total. The van der Waals surface area contributed by atoms with Gasteiger partial charge in [-0.1, -0.05) is 260 Å². The summed E-state index contributed by atoms with van der Waals surface area (Å²) in [6.45, 7) is 5.62. The number of carbonyl (C=O) groups excluding carboxylic acids is 2. The average molecular weight is 1110 g/mol. The summed E-state index contributed by atoms with van der Waals surface area (Å²) in [5.41, 5.74) is 0. The van der Waals surface area contributed by atoms with Gasteiger partial charge in [-0.05, 0) is 89.9 Å². The van der Waals surface area contributed by atoms with Gasteiger partial charge >= 0.3 is 5.97 Å². The lowest BCUT2D eigenvalue weighted by Gasteiger charge is -2.41. The lowest BCUT2D eigenvalue weighted by atomic mass is 9.99. The van der Waals surface area contributed by atoms with Crippen molar-refractivity contribution in [3.63, 3.8) is 0 Å². The lowest BCUT2D eigenvalue weighted by Crippen LogP contribution is -2.61. The van der Waals surface area contributed by atoms with Gasteiger partial charge in [-0.3, -0.25) is 9.59 Å². The second-order valence-corrected chi connectivity index (χ2v) is 22.1. The largest absolute Gasteiger partial charge is 0.454 e. The van der Waals surface area contributed by atoms with Crippen LogP contribution in [0.5, 0.6) is 0 Å². The molecule has 0 aromatic heterocycles. The van der Waals surface area contributed by atoms with Gasteiger partial charge in [-0.15, -0.1) is 0 Å². The number of ether oxygens (including phenoxy) is 3. The van der Waals surface area contributed by atoms with Crippen LogP contribution < -0.4 is 5.32 Å². The number of esters is 1. The number of hydrogen-bond acceptors (Lipinski definition) is 10. The van der Waals surface area contributed by atoms with Crippen LogP contribution in [0.25, 0.3) is 0 Å². The van der Waals surface area contributed by atoms with Crippen molar-refractivity contribution in [2.75, 3.05) is 13.2 Å². The molecule has 0 bridgehead atoms. The zero-order chi connectivity index (χ0) is 57.5. The Morgan fingerprint density at radius 2 is 0.924 bits per heavy atom. The van der Waals surface area contributed by atoms with Crippen molar-refractivity contribution in [1.29, 1.82) is 0 Å². The van der Waals surface area contributed by atoms with Crippen LogP contribution in [0.15, 0.2) is 85.1 Å². The third-order valence-corrected chi connectivity index (χ3v) is 14.8. The van der Waals surface area contributed by atoms with Crippen molar-refractivity contribution in [1.82, 2.24) is 5.32 Å². The number of aliphatic hydroxyl groups is 5. The van der Waals surface area contributed by atoms with E-state index in [2.05, 4.69) is 99.0 Å². The highest BCUT2D eigenvalue weighted by atomic mass is 16.7. The minimum Gasteiger partial charge on any atom is -0.454 e. The molecule has 8 atom stereocenters. The number of aliphatic hydroxyl groups excluding tert-OH is 5. The molecule has 1 amide bonds. The molecule has 1 saturated heterocycles. The Kier molecular flexibility index (Phi) is 51.8. The van der Waals surface area contributed by atoms with Crippen LogP contribution in [-0.4, -0.2) is 99.6 Å². The van der Waals surface area contributed by atoms with E-state index in [0.717, 1.165) is 109 Å².